The van der Waals surface area contributed by atoms with Gasteiger partial charge in [-0.3, -0.25) is 9.67 Å². The van der Waals surface area contributed by atoms with Crippen molar-refractivity contribution in [3.63, 3.8) is 0 Å². The van der Waals surface area contributed by atoms with Crippen molar-refractivity contribution in [2.24, 2.45) is 0 Å². The van der Waals surface area contributed by atoms with Gasteiger partial charge in [0.25, 0.3) is 0 Å². The van der Waals surface area contributed by atoms with E-state index in [1.165, 1.54) is 0 Å². The summed E-state index contributed by atoms with van der Waals surface area (Å²) in [6.45, 7) is 4.14. The molecular weight excluding hydrogens is 186 g/mol. The summed E-state index contributed by atoms with van der Waals surface area (Å²) in [5.74, 6) is 0.624. The van der Waals surface area contributed by atoms with Crippen LogP contribution in [0.4, 0.5) is 0 Å². The fourth-order valence-electron chi connectivity index (χ4n) is 1.48. The van der Waals surface area contributed by atoms with E-state index in [1.54, 1.807) is 0 Å². The Bertz CT molecular complexity index is 313. The molecule has 1 heterocycles. The van der Waals surface area contributed by atoms with E-state index in [4.69, 9.17) is 17.3 Å². The second-order valence-corrected chi connectivity index (χ2v) is 3.33. The Morgan fingerprint density at radius 3 is 2.62 bits per heavy atom. The lowest BCUT2D eigenvalue weighted by molar-refractivity contribution is 0.258. The molecule has 4 nitrogen and oxygen atoms in total. The minimum absolute atomic E-state index is 0.0658. The monoisotopic (exact) mass is 201 g/mol. The van der Waals surface area contributed by atoms with Crippen molar-refractivity contribution in [2.75, 3.05) is 0 Å². The van der Waals surface area contributed by atoms with Gasteiger partial charge in [0, 0.05) is 6.04 Å². The highest BCUT2D eigenvalue weighted by Crippen LogP contribution is 2.17. The summed E-state index contributed by atoms with van der Waals surface area (Å²) >= 11 is 5.08. The molecule has 0 aromatic carbocycles. The molecule has 0 aliphatic carbocycles. The second-order valence-electron chi connectivity index (χ2n) is 2.94. The van der Waals surface area contributed by atoms with Crippen molar-refractivity contribution in [3.8, 4) is 0 Å². The molecule has 74 valence electrons. The van der Waals surface area contributed by atoms with Crippen LogP contribution >= 0.6 is 12.2 Å². The van der Waals surface area contributed by atoms with Crippen molar-refractivity contribution < 1.29 is 5.11 Å². The van der Waals surface area contributed by atoms with Crippen LogP contribution in [-0.2, 0) is 6.61 Å². The van der Waals surface area contributed by atoms with E-state index in [0.29, 0.717) is 16.6 Å². The SMILES string of the molecule is CCC(CC)n1c(CO)n[nH]c1=S. The van der Waals surface area contributed by atoms with E-state index in [-0.39, 0.29) is 6.61 Å². The molecule has 0 fully saturated rings. The van der Waals surface area contributed by atoms with Crippen molar-refractivity contribution in [1.82, 2.24) is 14.8 Å². The summed E-state index contributed by atoms with van der Waals surface area (Å²) < 4.78 is 2.49. The number of aliphatic hydroxyl groups excluding tert-OH is 1. The number of hydrogen-bond acceptors (Lipinski definition) is 3. The quantitative estimate of drug-likeness (QED) is 0.730. The Morgan fingerprint density at radius 2 is 2.15 bits per heavy atom. The smallest absolute Gasteiger partial charge is 0.195 e. The molecule has 0 unspecified atom stereocenters. The first-order chi connectivity index (χ1) is 6.24. The van der Waals surface area contributed by atoms with Gasteiger partial charge in [0.15, 0.2) is 10.6 Å². The van der Waals surface area contributed by atoms with Crippen molar-refractivity contribution in [3.05, 3.63) is 10.6 Å². The van der Waals surface area contributed by atoms with Crippen LogP contribution < -0.4 is 0 Å². The van der Waals surface area contributed by atoms with Crippen LogP contribution in [0.3, 0.4) is 0 Å². The topological polar surface area (TPSA) is 53.8 Å². The first-order valence-corrected chi connectivity index (χ1v) is 4.92. The molecule has 13 heavy (non-hydrogen) atoms. The number of nitrogens with zero attached hydrogens (tertiary/aromatic N) is 2. The third-order valence-electron chi connectivity index (χ3n) is 2.23. The van der Waals surface area contributed by atoms with E-state index in [2.05, 4.69) is 24.0 Å². The van der Waals surface area contributed by atoms with Crippen LogP contribution in [-0.4, -0.2) is 19.9 Å². The van der Waals surface area contributed by atoms with E-state index >= 15 is 0 Å². The Kier molecular flexibility index (Phi) is 3.62. The molecule has 0 spiro atoms. The summed E-state index contributed by atoms with van der Waals surface area (Å²) in [5.41, 5.74) is 0. The van der Waals surface area contributed by atoms with Gasteiger partial charge in [0.2, 0.25) is 0 Å². The predicted octanol–water partition coefficient (Wildman–Crippen LogP) is 1.79. The molecule has 1 aromatic rings. The Morgan fingerprint density at radius 1 is 1.54 bits per heavy atom. The Hall–Kier alpha value is -0.680. The Balaban J connectivity index is 3.09. The molecular formula is C8H15N3OS. The van der Waals surface area contributed by atoms with Crippen LogP contribution in [0.25, 0.3) is 0 Å². The lowest BCUT2D eigenvalue weighted by Crippen LogP contribution is -2.11. The highest BCUT2D eigenvalue weighted by Gasteiger charge is 2.12. The van der Waals surface area contributed by atoms with Gasteiger partial charge < -0.3 is 5.11 Å². The summed E-state index contributed by atoms with van der Waals surface area (Å²) in [5, 5.41) is 15.7. The molecule has 5 heteroatoms. The number of H-pyrrole nitrogens is 1. The molecule has 1 rings (SSSR count). The van der Waals surface area contributed by atoms with E-state index < -0.39 is 0 Å². The number of rotatable bonds is 4. The highest BCUT2D eigenvalue weighted by atomic mass is 32.1. The molecule has 0 atom stereocenters. The molecule has 0 bridgehead atoms. The number of aromatic nitrogens is 3. The maximum atomic E-state index is 9.02. The molecule has 0 saturated carbocycles. The first kappa shape index (κ1) is 10.4. The summed E-state index contributed by atoms with van der Waals surface area (Å²) in [6.07, 6.45) is 1.99. The molecule has 0 saturated heterocycles. The molecule has 1 aromatic heterocycles. The van der Waals surface area contributed by atoms with Crippen molar-refractivity contribution in [1.29, 1.82) is 0 Å². The summed E-state index contributed by atoms with van der Waals surface area (Å²) in [6, 6.07) is 0.341. The number of nitrogens with one attached hydrogen (secondary N) is 1. The van der Waals surface area contributed by atoms with Gasteiger partial charge in [-0.25, -0.2) is 0 Å². The molecule has 0 radical (unpaired) electrons. The normalized spacial score (nSPS) is 11.1. The molecule has 0 amide bonds. The minimum Gasteiger partial charge on any atom is -0.388 e. The van der Waals surface area contributed by atoms with Gasteiger partial charge >= 0.3 is 0 Å². The Labute approximate surface area is 82.6 Å². The third kappa shape index (κ3) is 1.97. The van der Waals surface area contributed by atoms with Crippen LogP contribution in [0.1, 0.15) is 38.6 Å². The predicted molar refractivity (Wildman–Crippen MR) is 53.0 cm³/mol. The second kappa shape index (κ2) is 4.53. The maximum Gasteiger partial charge on any atom is 0.195 e. The zero-order chi connectivity index (χ0) is 9.84. The van der Waals surface area contributed by atoms with Crippen LogP contribution in [0.5, 0.6) is 0 Å². The van der Waals surface area contributed by atoms with E-state index in [0.717, 1.165) is 12.8 Å². The van der Waals surface area contributed by atoms with E-state index in [1.807, 2.05) is 4.57 Å². The van der Waals surface area contributed by atoms with Gasteiger partial charge in [-0.1, -0.05) is 13.8 Å². The molecule has 0 aliphatic heterocycles. The third-order valence-corrected chi connectivity index (χ3v) is 2.51. The zero-order valence-corrected chi connectivity index (χ0v) is 8.77. The van der Waals surface area contributed by atoms with Gasteiger partial charge in [-0.15, -0.1) is 0 Å². The van der Waals surface area contributed by atoms with Gasteiger partial charge in [0.1, 0.15) is 6.61 Å². The van der Waals surface area contributed by atoms with Crippen molar-refractivity contribution >= 4 is 12.2 Å². The van der Waals surface area contributed by atoms with Crippen LogP contribution in [0.15, 0.2) is 0 Å². The fraction of sp³-hybridized carbons (Fsp3) is 0.750. The van der Waals surface area contributed by atoms with Gasteiger partial charge in [0.05, 0.1) is 0 Å². The lowest BCUT2D eigenvalue weighted by atomic mass is 10.2. The van der Waals surface area contributed by atoms with Crippen molar-refractivity contribution in [2.45, 2.75) is 39.3 Å². The number of aliphatic hydroxyl groups is 1. The number of hydrogen-bond donors (Lipinski definition) is 2. The van der Waals surface area contributed by atoms with E-state index in [9.17, 15) is 0 Å². The van der Waals surface area contributed by atoms with Gasteiger partial charge in [-0.05, 0) is 25.1 Å². The molecule has 2 N–H and O–H groups in total. The summed E-state index contributed by atoms with van der Waals surface area (Å²) in [4.78, 5) is 0. The maximum absolute atomic E-state index is 9.02. The lowest BCUT2D eigenvalue weighted by Gasteiger charge is -2.15. The minimum atomic E-state index is -0.0658. The largest absolute Gasteiger partial charge is 0.388 e. The average Bonchev–Trinajstić information content (AvgIpc) is 2.51. The van der Waals surface area contributed by atoms with Crippen LogP contribution in [0, 0.1) is 4.77 Å². The first-order valence-electron chi connectivity index (χ1n) is 4.51. The highest BCUT2D eigenvalue weighted by molar-refractivity contribution is 7.71. The summed E-state index contributed by atoms with van der Waals surface area (Å²) in [7, 11) is 0. The van der Waals surface area contributed by atoms with Crippen LogP contribution in [0.2, 0.25) is 0 Å². The average molecular weight is 201 g/mol. The molecule has 0 aliphatic rings. The fourth-order valence-corrected chi connectivity index (χ4v) is 1.78. The zero-order valence-electron chi connectivity index (χ0n) is 7.95. The number of aromatic amines is 1. The standard InChI is InChI=1S/C8H15N3OS/c1-3-6(4-2)11-7(5-12)9-10-8(11)13/h6,12H,3-5H2,1-2H3,(H,10,13). The van der Waals surface area contributed by atoms with Gasteiger partial charge in [-0.2, -0.15) is 5.10 Å².